The Bertz CT molecular complexity index is 456. The highest BCUT2D eigenvalue weighted by molar-refractivity contribution is 5.95. The molecule has 0 aliphatic carbocycles. The zero-order valence-corrected chi connectivity index (χ0v) is 10.1. The summed E-state index contributed by atoms with van der Waals surface area (Å²) in [6, 6.07) is 1.83. The van der Waals surface area contributed by atoms with Crippen molar-refractivity contribution in [1.82, 2.24) is 9.88 Å². The molecular weight excluding hydrogens is 216 g/mol. The normalized spacial score (nSPS) is 20.5. The number of aromatic nitrogens is 1. The molecule has 4 nitrogen and oxygen atoms in total. The molecule has 1 saturated heterocycles. The molecule has 1 unspecified atom stereocenters. The van der Waals surface area contributed by atoms with Crippen LogP contribution in [0.15, 0.2) is 18.5 Å². The highest BCUT2D eigenvalue weighted by Crippen LogP contribution is 2.15. The number of rotatable bonds is 1. The van der Waals surface area contributed by atoms with Crippen LogP contribution in [0, 0.1) is 12.8 Å². The summed E-state index contributed by atoms with van der Waals surface area (Å²) < 4.78 is 0. The third kappa shape index (κ3) is 2.52. The number of piperidine rings is 1. The van der Waals surface area contributed by atoms with Gasteiger partial charge >= 0.3 is 0 Å². The highest BCUT2D eigenvalue weighted by atomic mass is 16.2. The van der Waals surface area contributed by atoms with E-state index in [-0.39, 0.29) is 17.6 Å². The number of hydrogen-bond donors (Lipinski definition) is 0. The molecule has 90 valence electrons. The molecule has 2 rings (SSSR count). The monoisotopic (exact) mass is 232 g/mol. The van der Waals surface area contributed by atoms with Crippen LogP contribution in [0.25, 0.3) is 0 Å². The van der Waals surface area contributed by atoms with Gasteiger partial charge in [-0.1, -0.05) is 6.92 Å². The van der Waals surface area contributed by atoms with Gasteiger partial charge in [0.1, 0.15) is 5.78 Å². The highest BCUT2D eigenvalue weighted by Gasteiger charge is 2.27. The lowest BCUT2D eigenvalue weighted by atomic mass is 9.98. The van der Waals surface area contributed by atoms with Gasteiger partial charge in [-0.05, 0) is 18.6 Å². The zero-order chi connectivity index (χ0) is 12.4. The maximum Gasteiger partial charge on any atom is 0.255 e. The van der Waals surface area contributed by atoms with Gasteiger partial charge in [0.15, 0.2) is 0 Å². The number of amides is 1. The van der Waals surface area contributed by atoms with E-state index in [4.69, 9.17) is 0 Å². The van der Waals surface area contributed by atoms with Crippen molar-refractivity contribution in [2.24, 2.45) is 5.92 Å². The number of pyridine rings is 1. The van der Waals surface area contributed by atoms with Crippen molar-refractivity contribution >= 4 is 11.7 Å². The van der Waals surface area contributed by atoms with Crippen molar-refractivity contribution in [3.63, 3.8) is 0 Å². The van der Waals surface area contributed by atoms with Crippen LogP contribution < -0.4 is 0 Å². The number of carbonyl (C=O) groups excluding carboxylic acids is 2. The van der Waals surface area contributed by atoms with Crippen LogP contribution in [0.4, 0.5) is 0 Å². The lowest BCUT2D eigenvalue weighted by Gasteiger charge is -2.30. The molecule has 0 bridgehead atoms. The van der Waals surface area contributed by atoms with Crippen molar-refractivity contribution < 1.29 is 9.59 Å². The van der Waals surface area contributed by atoms with Gasteiger partial charge in [0.05, 0.1) is 5.56 Å². The third-order valence-electron chi connectivity index (χ3n) is 3.08. The van der Waals surface area contributed by atoms with Crippen LogP contribution in [0.1, 0.15) is 29.3 Å². The molecule has 1 fully saturated rings. The standard InChI is InChI=1S/C13H16N2O2/c1-9-5-11(7-14-6-9)13(17)15-4-3-12(16)10(2)8-15/h5-7,10H,3-4,8H2,1-2H3. The Labute approximate surface area is 101 Å². The van der Waals surface area contributed by atoms with Gasteiger partial charge in [-0.15, -0.1) is 0 Å². The Morgan fingerprint density at radius 3 is 2.88 bits per heavy atom. The lowest BCUT2D eigenvalue weighted by molar-refractivity contribution is -0.124. The van der Waals surface area contributed by atoms with Gasteiger partial charge in [-0.3, -0.25) is 14.6 Å². The average molecular weight is 232 g/mol. The Balaban J connectivity index is 2.13. The fourth-order valence-electron chi connectivity index (χ4n) is 2.05. The quantitative estimate of drug-likeness (QED) is 0.736. The van der Waals surface area contributed by atoms with Crippen LogP contribution >= 0.6 is 0 Å². The Kier molecular flexibility index (Phi) is 3.22. The summed E-state index contributed by atoms with van der Waals surface area (Å²) in [6.07, 6.45) is 3.77. The van der Waals surface area contributed by atoms with E-state index >= 15 is 0 Å². The number of carbonyl (C=O) groups is 2. The number of hydrogen-bond acceptors (Lipinski definition) is 3. The van der Waals surface area contributed by atoms with E-state index in [0.29, 0.717) is 25.1 Å². The maximum atomic E-state index is 12.2. The number of likely N-dealkylation sites (tertiary alicyclic amines) is 1. The largest absolute Gasteiger partial charge is 0.337 e. The molecule has 1 aliphatic rings. The molecule has 0 radical (unpaired) electrons. The van der Waals surface area contributed by atoms with Crippen LogP contribution in [-0.4, -0.2) is 34.7 Å². The Hall–Kier alpha value is -1.71. The summed E-state index contributed by atoms with van der Waals surface area (Å²) in [7, 11) is 0. The van der Waals surface area contributed by atoms with Gasteiger partial charge in [-0.2, -0.15) is 0 Å². The van der Waals surface area contributed by atoms with Crippen molar-refractivity contribution in [1.29, 1.82) is 0 Å². The second-order valence-electron chi connectivity index (χ2n) is 4.62. The van der Waals surface area contributed by atoms with E-state index in [1.54, 1.807) is 17.3 Å². The smallest absolute Gasteiger partial charge is 0.255 e. The van der Waals surface area contributed by atoms with E-state index in [1.807, 2.05) is 19.9 Å². The molecule has 1 aliphatic heterocycles. The minimum Gasteiger partial charge on any atom is -0.337 e. The molecule has 1 aromatic rings. The van der Waals surface area contributed by atoms with E-state index in [9.17, 15) is 9.59 Å². The number of Topliss-reactive ketones (excluding diaryl/α,β-unsaturated/α-hetero) is 1. The second-order valence-corrected chi connectivity index (χ2v) is 4.62. The van der Waals surface area contributed by atoms with Gasteiger partial charge < -0.3 is 4.90 Å². The number of ketones is 1. The van der Waals surface area contributed by atoms with E-state index in [1.165, 1.54) is 0 Å². The first kappa shape index (κ1) is 11.8. The predicted octanol–water partition coefficient (Wildman–Crippen LogP) is 1.44. The zero-order valence-electron chi connectivity index (χ0n) is 10.1. The molecule has 1 atom stereocenters. The molecule has 0 N–H and O–H groups in total. The molecule has 0 aromatic carbocycles. The maximum absolute atomic E-state index is 12.2. The summed E-state index contributed by atoms with van der Waals surface area (Å²) in [5, 5.41) is 0. The fourth-order valence-corrected chi connectivity index (χ4v) is 2.05. The Morgan fingerprint density at radius 2 is 2.24 bits per heavy atom. The van der Waals surface area contributed by atoms with Gasteiger partial charge in [0.25, 0.3) is 5.91 Å². The summed E-state index contributed by atoms with van der Waals surface area (Å²) >= 11 is 0. The molecule has 17 heavy (non-hydrogen) atoms. The Morgan fingerprint density at radius 1 is 1.47 bits per heavy atom. The van der Waals surface area contributed by atoms with E-state index < -0.39 is 0 Å². The van der Waals surface area contributed by atoms with Gasteiger partial charge in [0.2, 0.25) is 0 Å². The fraction of sp³-hybridized carbons (Fsp3) is 0.462. The second kappa shape index (κ2) is 4.65. The predicted molar refractivity (Wildman–Crippen MR) is 63.7 cm³/mol. The van der Waals surface area contributed by atoms with Gasteiger partial charge in [0, 0.05) is 37.8 Å². The van der Waals surface area contributed by atoms with Crippen molar-refractivity contribution in [3.05, 3.63) is 29.6 Å². The molecule has 2 heterocycles. The summed E-state index contributed by atoms with van der Waals surface area (Å²) in [4.78, 5) is 29.3. The van der Waals surface area contributed by atoms with Gasteiger partial charge in [-0.25, -0.2) is 0 Å². The topological polar surface area (TPSA) is 50.3 Å². The lowest BCUT2D eigenvalue weighted by Crippen LogP contribution is -2.43. The van der Waals surface area contributed by atoms with Crippen LogP contribution in [0.2, 0.25) is 0 Å². The first-order chi connectivity index (χ1) is 8.08. The van der Waals surface area contributed by atoms with E-state index in [2.05, 4.69) is 4.98 Å². The third-order valence-corrected chi connectivity index (χ3v) is 3.08. The molecule has 0 saturated carbocycles. The first-order valence-corrected chi connectivity index (χ1v) is 5.81. The molecule has 4 heteroatoms. The van der Waals surface area contributed by atoms with Crippen molar-refractivity contribution in [3.8, 4) is 0 Å². The SMILES string of the molecule is Cc1cncc(C(=O)N2CCC(=O)C(C)C2)c1. The minimum atomic E-state index is -0.0505. The average Bonchev–Trinajstić information content (AvgIpc) is 2.32. The number of nitrogens with zero attached hydrogens (tertiary/aromatic N) is 2. The molecule has 1 aromatic heterocycles. The summed E-state index contributed by atoms with van der Waals surface area (Å²) in [6.45, 7) is 4.82. The molecule has 0 spiro atoms. The van der Waals surface area contributed by atoms with Crippen molar-refractivity contribution in [2.75, 3.05) is 13.1 Å². The number of aryl methyl sites for hydroxylation is 1. The van der Waals surface area contributed by atoms with Crippen LogP contribution in [-0.2, 0) is 4.79 Å². The summed E-state index contributed by atoms with van der Waals surface area (Å²) in [5.74, 6) is 0.169. The summed E-state index contributed by atoms with van der Waals surface area (Å²) in [5.41, 5.74) is 1.57. The van der Waals surface area contributed by atoms with Crippen molar-refractivity contribution in [2.45, 2.75) is 20.3 Å². The van der Waals surface area contributed by atoms with Crippen LogP contribution in [0.5, 0.6) is 0 Å². The minimum absolute atomic E-state index is 0.0273. The molecular formula is C13H16N2O2. The molecule has 1 amide bonds. The van der Waals surface area contributed by atoms with Crippen LogP contribution in [0.3, 0.4) is 0 Å². The first-order valence-electron chi connectivity index (χ1n) is 5.81. The van der Waals surface area contributed by atoms with E-state index in [0.717, 1.165) is 5.56 Å².